The van der Waals surface area contributed by atoms with Gasteiger partial charge in [0.2, 0.25) is 5.91 Å². The second kappa shape index (κ2) is 8.07. The Morgan fingerprint density at radius 2 is 1.97 bits per heavy atom. The Morgan fingerprint density at radius 1 is 1.24 bits per heavy atom. The van der Waals surface area contributed by atoms with Gasteiger partial charge >= 0.3 is 0 Å². The van der Waals surface area contributed by atoms with Crippen molar-refractivity contribution in [1.29, 1.82) is 0 Å². The first-order chi connectivity index (χ1) is 15.8. The first-order valence-corrected chi connectivity index (χ1v) is 11.5. The van der Waals surface area contributed by atoms with E-state index in [9.17, 15) is 14.7 Å². The van der Waals surface area contributed by atoms with Crippen molar-refractivity contribution >= 4 is 16.9 Å². The number of hydrogen-bond acceptors (Lipinski definition) is 6. The van der Waals surface area contributed by atoms with E-state index in [4.69, 9.17) is 5.73 Å². The number of piperidine rings is 1. The first kappa shape index (κ1) is 21.8. The zero-order valence-corrected chi connectivity index (χ0v) is 19.1. The molecular weight excluding hydrogens is 420 g/mol. The molecule has 2 atom stereocenters. The number of nitrogens with two attached hydrogens (primary N) is 1. The lowest BCUT2D eigenvalue weighted by molar-refractivity contribution is -0.142. The van der Waals surface area contributed by atoms with Crippen LogP contribution in [0, 0.1) is 5.41 Å². The van der Waals surface area contributed by atoms with Gasteiger partial charge in [0.15, 0.2) is 5.52 Å². The SMILES string of the molecule is Cn1nc2c(=O)n(CC3CC(O)CCN3C(=O)C3(C)CC3)cnc2c1-c1ccc(CN)cc1. The van der Waals surface area contributed by atoms with Crippen molar-refractivity contribution in [1.82, 2.24) is 24.2 Å². The number of carbonyl (C=O) groups excluding carboxylic acids is 1. The van der Waals surface area contributed by atoms with E-state index >= 15 is 0 Å². The number of carbonyl (C=O) groups is 1. The van der Waals surface area contributed by atoms with E-state index in [-0.39, 0.29) is 29.5 Å². The normalized spacial score (nSPS) is 22.0. The van der Waals surface area contributed by atoms with Crippen LogP contribution < -0.4 is 11.3 Å². The van der Waals surface area contributed by atoms with Crippen LogP contribution in [-0.4, -0.2) is 53.9 Å². The minimum absolute atomic E-state index is 0.127. The summed E-state index contributed by atoms with van der Waals surface area (Å²) in [5, 5.41) is 14.7. The molecule has 2 fully saturated rings. The summed E-state index contributed by atoms with van der Waals surface area (Å²) in [6, 6.07) is 7.57. The highest BCUT2D eigenvalue weighted by molar-refractivity contribution is 5.89. The molecule has 1 amide bonds. The summed E-state index contributed by atoms with van der Waals surface area (Å²) in [5.74, 6) is 0.127. The second-order valence-electron chi connectivity index (χ2n) is 9.66. The van der Waals surface area contributed by atoms with Crippen LogP contribution in [0.5, 0.6) is 0 Å². The van der Waals surface area contributed by atoms with Crippen LogP contribution in [0.4, 0.5) is 0 Å². The van der Waals surface area contributed by atoms with E-state index in [1.165, 1.54) is 10.9 Å². The van der Waals surface area contributed by atoms with Crippen molar-refractivity contribution in [2.24, 2.45) is 18.2 Å². The second-order valence-corrected chi connectivity index (χ2v) is 9.66. The third-order valence-electron chi connectivity index (χ3n) is 7.15. The molecule has 5 rings (SSSR count). The molecule has 0 spiro atoms. The Hall–Kier alpha value is -3.04. The third kappa shape index (κ3) is 3.85. The van der Waals surface area contributed by atoms with Gasteiger partial charge in [-0.15, -0.1) is 0 Å². The monoisotopic (exact) mass is 450 g/mol. The van der Waals surface area contributed by atoms with Crippen LogP contribution >= 0.6 is 0 Å². The van der Waals surface area contributed by atoms with E-state index in [2.05, 4.69) is 10.1 Å². The molecule has 33 heavy (non-hydrogen) atoms. The maximum Gasteiger partial charge on any atom is 0.281 e. The Bertz CT molecular complexity index is 1260. The molecule has 0 radical (unpaired) electrons. The largest absolute Gasteiger partial charge is 0.393 e. The molecule has 3 N–H and O–H groups in total. The van der Waals surface area contributed by atoms with Crippen molar-refractivity contribution < 1.29 is 9.90 Å². The lowest BCUT2D eigenvalue weighted by atomic mass is 9.96. The average molecular weight is 451 g/mol. The Balaban J connectivity index is 1.48. The third-order valence-corrected chi connectivity index (χ3v) is 7.15. The Morgan fingerprint density at radius 3 is 2.64 bits per heavy atom. The van der Waals surface area contributed by atoms with Crippen LogP contribution in [0.3, 0.4) is 0 Å². The van der Waals surface area contributed by atoms with Crippen LogP contribution in [-0.2, 0) is 24.9 Å². The molecule has 2 aliphatic rings. The van der Waals surface area contributed by atoms with Crippen molar-refractivity contribution in [2.75, 3.05) is 6.54 Å². The molecule has 1 aromatic carbocycles. The van der Waals surface area contributed by atoms with Crippen LogP contribution in [0.25, 0.3) is 22.3 Å². The van der Waals surface area contributed by atoms with Crippen molar-refractivity contribution in [2.45, 2.75) is 57.8 Å². The van der Waals surface area contributed by atoms with E-state index in [1.807, 2.05) is 36.1 Å². The first-order valence-electron chi connectivity index (χ1n) is 11.5. The molecule has 3 heterocycles. The predicted molar refractivity (Wildman–Crippen MR) is 124 cm³/mol. The fraction of sp³-hybridized carbons (Fsp3) is 0.500. The number of rotatable bonds is 5. The lowest BCUT2D eigenvalue weighted by Gasteiger charge is -2.39. The Kier molecular flexibility index (Phi) is 5.33. The standard InChI is InChI=1S/C24H30N6O3/c1-24(8-9-24)23(33)30-10-7-18(31)11-17(30)13-29-14-26-19-20(22(29)32)27-28(2)21(19)16-5-3-15(12-25)4-6-16/h3-6,14,17-18,31H,7-13,25H2,1-2H3. The molecule has 9 nitrogen and oxygen atoms in total. The van der Waals surface area contributed by atoms with Gasteiger partial charge in [-0.1, -0.05) is 31.2 Å². The summed E-state index contributed by atoms with van der Waals surface area (Å²) in [4.78, 5) is 32.8. The van der Waals surface area contributed by atoms with E-state index < -0.39 is 6.10 Å². The average Bonchev–Trinajstić information content (AvgIpc) is 3.47. The molecule has 174 valence electrons. The highest BCUT2D eigenvalue weighted by Gasteiger charge is 2.49. The van der Waals surface area contributed by atoms with Crippen molar-refractivity contribution in [3.8, 4) is 11.3 Å². The van der Waals surface area contributed by atoms with E-state index in [0.717, 1.165) is 29.7 Å². The smallest absolute Gasteiger partial charge is 0.281 e. The van der Waals surface area contributed by atoms with Gasteiger partial charge in [-0.05, 0) is 31.2 Å². The zero-order valence-electron chi connectivity index (χ0n) is 19.1. The molecule has 1 saturated carbocycles. The fourth-order valence-corrected chi connectivity index (χ4v) is 4.79. The molecular formula is C24H30N6O3. The predicted octanol–water partition coefficient (Wildman–Crippen LogP) is 1.41. The quantitative estimate of drug-likeness (QED) is 0.607. The zero-order chi connectivity index (χ0) is 23.3. The summed E-state index contributed by atoms with van der Waals surface area (Å²) in [6.45, 7) is 3.26. The molecule has 9 heteroatoms. The van der Waals surface area contributed by atoms with Crippen LogP contribution in [0.2, 0.25) is 0 Å². The van der Waals surface area contributed by atoms with Gasteiger partial charge in [-0.25, -0.2) is 4.98 Å². The maximum absolute atomic E-state index is 13.3. The van der Waals surface area contributed by atoms with E-state index in [0.29, 0.717) is 37.0 Å². The van der Waals surface area contributed by atoms with Crippen molar-refractivity contribution in [3.63, 3.8) is 0 Å². The summed E-state index contributed by atoms with van der Waals surface area (Å²) >= 11 is 0. The number of fused-ring (bicyclic) bond motifs is 1. The number of aryl methyl sites for hydroxylation is 1. The summed E-state index contributed by atoms with van der Waals surface area (Å²) in [5.41, 5.74) is 8.70. The van der Waals surface area contributed by atoms with Gasteiger partial charge in [0.05, 0.1) is 24.2 Å². The van der Waals surface area contributed by atoms with Gasteiger partial charge in [0.25, 0.3) is 5.56 Å². The number of aliphatic hydroxyl groups is 1. The number of hydrogen-bond donors (Lipinski definition) is 2. The number of amides is 1. The van der Waals surface area contributed by atoms with Crippen molar-refractivity contribution in [3.05, 3.63) is 46.5 Å². The summed E-state index contributed by atoms with van der Waals surface area (Å²) in [7, 11) is 1.80. The number of benzene rings is 1. The molecule has 1 aliphatic carbocycles. The fourth-order valence-electron chi connectivity index (χ4n) is 4.79. The highest BCUT2D eigenvalue weighted by atomic mass is 16.3. The molecule has 1 aliphatic heterocycles. The lowest BCUT2D eigenvalue weighted by Crippen LogP contribution is -2.52. The van der Waals surface area contributed by atoms with Gasteiger partial charge < -0.3 is 15.7 Å². The molecule has 1 saturated heterocycles. The Labute approximate surface area is 191 Å². The summed E-state index contributed by atoms with van der Waals surface area (Å²) < 4.78 is 3.20. The molecule has 2 aromatic heterocycles. The topological polar surface area (TPSA) is 119 Å². The summed E-state index contributed by atoms with van der Waals surface area (Å²) in [6.07, 6.45) is 3.87. The van der Waals surface area contributed by atoms with Gasteiger partial charge in [-0.2, -0.15) is 5.10 Å². The van der Waals surface area contributed by atoms with Crippen LogP contribution in [0.15, 0.2) is 35.4 Å². The molecule has 2 unspecified atom stereocenters. The number of aromatic nitrogens is 4. The van der Waals surface area contributed by atoms with E-state index in [1.54, 1.807) is 11.7 Å². The molecule has 3 aromatic rings. The van der Waals surface area contributed by atoms with Crippen LogP contribution in [0.1, 0.15) is 38.2 Å². The molecule has 0 bridgehead atoms. The number of likely N-dealkylation sites (tertiary alicyclic amines) is 1. The van der Waals surface area contributed by atoms with Gasteiger partial charge in [-0.3, -0.25) is 18.8 Å². The highest BCUT2D eigenvalue weighted by Crippen LogP contribution is 2.47. The number of aliphatic hydroxyl groups excluding tert-OH is 1. The maximum atomic E-state index is 13.3. The van der Waals surface area contributed by atoms with Gasteiger partial charge in [0.1, 0.15) is 5.52 Å². The number of nitrogens with zero attached hydrogens (tertiary/aromatic N) is 5. The van der Waals surface area contributed by atoms with Gasteiger partial charge in [0, 0.05) is 37.7 Å². The minimum atomic E-state index is -0.476. The minimum Gasteiger partial charge on any atom is -0.393 e.